The van der Waals surface area contributed by atoms with Crippen LogP contribution < -0.4 is 5.32 Å². The first kappa shape index (κ1) is 16.7. The molecule has 0 aliphatic heterocycles. The van der Waals surface area contributed by atoms with E-state index in [0.29, 0.717) is 11.0 Å². The monoisotopic (exact) mass is 392 g/mol. The van der Waals surface area contributed by atoms with Gasteiger partial charge in [0.1, 0.15) is 5.01 Å². The van der Waals surface area contributed by atoms with Gasteiger partial charge in [0.25, 0.3) is 0 Å². The number of carbonyl (C=O) groups excluding carboxylic acids is 1. The number of nitrogens with zero attached hydrogens (tertiary/aromatic N) is 5. The first-order valence-corrected chi connectivity index (χ1v) is 10.7. The normalized spacial score (nSPS) is 14.0. The molecule has 1 fully saturated rings. The number of nitrogens with one attached hydrogen (secondary N) is 1. The minimum absolute atomic E-state index is 0.105. The van der Waals surface area contributed by atoms with Crippen molar-refractivity contribution in [2.45, 2.75) is 37.4 Å². The molecule has 3 aromatic rings. The topological polar surface area (TPSA) is 85.6 Å². The fourth-order valence-corrected chi connectivity index (χ4v) is 4.78. The summed E-state index contributed by atoms with van der Waals surface area (Å²) in [5.41, 5.74) is 0. The average Bonchev–Trinajstić information content (AvgIpc) is 3.04. The lowest BCUT2D eigenvalue weighted by Crippen LogP contribution is -2.14. The van der Waals surface area contributed by atoms with Crippen molar-refractivity contribution in [3.63, 3.8) is 0 Å². The SMILES string of the molecule is CCn1c(SCC(=O)Nc2nnc(C3CC3)s2)nnc1-c1cccs1. The zero-order valence-corrected chi connectivity index (χ0v) is 16.0. The van der Waals surface area contributed by atoms with Crippen LogP contribution in [0.1, 0.15) is 30.7 Å². The van der Waals surface area contributed by atoms with Gasteiger partial charge < -0.3 is 4.57 Å². The van der Waals surface area contributed by atoms with E-state index in [0.717, 1.165) is 27.4 Å². The fraction of sp³-hybridized carbons (Fsp3) is 0.400. The second-order valence-electron chi connectivity index (χ2n) is 5.58. The lowest BCUT2D eigenvalue weighted by molar-refractivity contribution is -0.113. The third kappa shape index (κ3) is 3.75. The summed E-state index contributed by atoms with van der Waals surface area (Å²) in [5.74, 6) is 1.56. The quantitative estimate of drug-likeness (QED) is 0.620. The Morgan fingerprint density at radius 1 is 1.36 bits per heavy atom. The number of carbonyl (C=O) groups is 1. The molecule has 0 aromatic carbocycles. The zero-order valence-electron chi connectivity index (χ0n) is 13.5. The van der Waals surface area contributed by atoms with Gasteiger partial charge in [0.15, 0.2) is 11.0 Å². The van der Waals surface area contributed by atoms with E-state index in [-0.39, 0.29) is 11.7 Å². The molecule has 0 saturated heterocycles. The Kier molecular flexibility index (Phi) is 4.82. The zero-order chi connectivity index (χ0) is 17.2. The van der Waals surface area contributed by atoms with E-state index in [1.165, 1.54) is 35.9 Å². The molecule has 130 valence electrons. The van der Waals surface area contributed by atoms with Gasteiger partial charge in [-0.15, -0.1) is 31.7 Å². The maximum absolute atomic E-state index is 12.2. The third-order valence-corrected chi connectivity index (χ3v) is 6.55. The number of aromatic nitrogens is 5. The van der Waals surface area contributed by atoms with E-state index < -0.39 is 0 Å². The molecule has 1 aliphatic carbocycles. The number of hydrogen-bond donors (Lipinski definition) is 1. The van der Waals surface area contributed by atoms with Crippen LogP contribution in [-0.2, 0) is 11.3 Å². The molecule has 4 rings (SSSR count). The standard InChI is InChI=1S/C15H16N6OS3/c1-2-21-12(10-4-3-7-23-10)17-20-15(21)24-8-11(22)16-14-19-18-13(25-14)9-5-6-9/h3-4,7,9H,2,5-6,8H2,1H3,(H,16,19,22). The summed E-state index contributed by atoms with van der Waals surface area (Å²) in [7, 11) is 0. The molecule has 1 N–H and O–H groups in total. The Bertz CT molecular complexity index is 868. The summed E-state index contributed by atoms with van der Waals surface area (Å²) < 4.78 is 2.03. The molecule has 0 unspecified atom stereocenters. The van der Waals surface area contributed by atoms with Crippen LogP contribution in [0.25, 0.3) is 10.7 Å². The second-order valence-corrected chi connectivity index (χ2v) is 8.48. The van der Waals surface area contributed by atoms with Crippen LogP contribution in [0.3, 0.4) is 0 Å². The molecule has 1 saturated carbocycles. The van der Waals surface area contributed by atoms with Gasteiger partial charge in [0.2, 0.25) is 11.0 Å². The highest BCUT2D eigenvalue weighted by molar-refractivity contribution is 7.99. The minimum atomic E-state index is -0.105. The number of rotatable bonds is 7. The van der Waals surface area contributed by atoms with Crippen LogP contribution in [0.2, 0.25) is 0 Å². The Balaban J connectivity index is 1.38. The Morgan fingerprint density at radius 3 is 2.96 bits per heavy atom. The summed E-state index contributed by atoms with van der Waals surface area (Å²) in [4.78, 5) is 13.2. The van der Waals surface area contributed by atoms with Gasteiger partial charge in [0, 0.05) is 12.5 Å². The summed E-state index contributed by atoms with van der Waals surface area (Å²) in [5, 5.41) is 23.9. The molecular weight excluding hydrogens is 376 g/mol. The largest absolute Gasteiger partial charge is 0.302 e. The fourth-order valence-electron chi connectivity index (χ4n) is 2.33. The second kappa shape index (κ2) is 7.22. The molecule has 3 aromatic heterocycles. The summed E-state index contributed by atoms with van der Waals surface area (Å²) in [6.45, 7) is 2.80. The molecule has 0 radical (unpaired) electrons. The van der Waals surface area contributed by atoms with Gasteiger partial charge in [-0.2, -0.15) is 0 Å². The number of amides is 1. The molecule has 1 aliphatic rings. The van der Waals surface area contributed by atoms with Crippen LogP contribution >= 0.6 is 34.4 Å². The maximum Gasteiger partial charge on any atom is 0.236 e. The van der Waals surface area contributed by atoms with Crippen molar-refractivity contribution in [2.24, 2.45) is 0 Å². The lowest BCUT2D eigenvalue weighted by atomic mass is 10.4. The van der Waals surface area contributed by atoms with Crippen molar-refractivity contribution in [2.75, 3.05) is 11.1 Å². The first-order chi connectivity index (χ1) is 12.2. The molecule has 7 nitrogen and oxygen atoms in total. The molecule has 3 heterocycles. The predicted molar refractivity (Wildman–Crippen MR) is 100 cm³/mol. The predicted octanol–water partition coefficient (Wildman–Crippen LogP) is 3.49. The van der Waals surface area contributed by atoms with Crippen molar-refractivity contribution >= 4 is 45.5 Å². The van der Waals surface area contributed by atoms with Crippen molar-refractivity contribution in [3.8, 4) is 10.7 Å². The lowest BCUT2D eigenvalue weighted by Gasteiger charge is -2.05. The minimum Gasteiger partial charge on any atom is -0.302 e. The van der Waals surface area contributed by atoms with Gasteiger partial charge >= 0.3 is 0 Å². The highest BCUT2D eigenvalue weighted by Gasteiger charge is 2.27. The molecule has 10 heteroatoms. The van der Waals surface area contributed by atoms with Crippen LogP contribution in [0.15, 0.2) is 22.7 Å². The van der Waals surface area contributed by atoms with E-state index in [1.807, 2.05) is 29.0 Å². The molecule has 0 spiro atoms. The van der Waals surface area contributed by atoms with Gasteiger partial charge in [-0.1, -0.05) is 29.2 Å². The van der Waals surface area contributed by atoms with Gasteiger partial charge in [-0.3, -0.25) is 10.1 Å². The highest BCUT2D eigenvalue weighted by atomic mass is 32.2. The van der Waals surface area contributed by atoms with E-state index >= 15 is 0 Å². The number of thioether (sulfide) groups is 1. The molecule has 0 bridgehead atoms. The Labute approximate surface area is 156 Å². The number of hydrogen-bond acceptors (Lipinski definition) is 8. The van der Waals surface area contributed by atoms with Gasteiger partial charge in [-0.05, 0) is 31.2 Å². The third-order valence-electron chi connectivity index (χ3n) is 3.72. The number of anilines is 1. The van der Waals surface area contributed by atoms with Crippen LogP contribution in [-0.4, -0.2) is 36.6 Å². The Morgan fingerprint density at radius 2 is 2.24 bits per heavy atom. The molecule has 25 heavy (non-hydrogen) atoms. The van der Waals surface area contributed by atoms with Crippen molar-refractivity contribution in [1.29, 1.82) is 0 Å². The van der Waals surface area contributed by atoms with E-state index in [1.54, 1.807) is 11.3 Å². The van der Waals surface area contributed by atoms with Crippen LogP contribution in [0, 0.1) is 0 Å². The number of thiophene rings is 1. The highest BCUT2D eigenvalue weighted by Crippen LogP contribution is 2.42. The molecular formula is C15H16N6OS3. The molecule has 1 amide bonds. The smallest absolute Gasteiger partial charge is 0.236 e. The van der Waals surface area contributed by atoms with Gasteiger partial charge in [0.05, 0.1) is 10.6 Å². The van der Waals surface area contributed by atoms with Gasteiger partial charge in [-0.25, -0.2) is 0 Å². The van der Waals surface area contributed by atoms with Crippen molar-refractivity contribution < 1.29 is 4.79 Å². The van der Waals surface area contributed by atoms with E-state index in [2.05, 4.69) is 25.7 Å². The Hall–Kier alpha value is -1.78. The average molecular weight is 393 g/mol. The van der Waals surface area contributed by atoms with Crippen molar-refractivity contribution in [3.05, 3.63) is 22.5 Å². The van der Waals surface area contributed by atoms with E-state index in [9.17, 15) is 4.79 Å². The summed E-state index contributed by atoms with van der Waals surface area (Å²) in [6, 6.07) is 4.02. The van der Waals surface area contributed by atoms with Crippen LogP contribution in [0.4, 0.5) is 5.13 Å². The first-order valence-electron chi connectivity index (χ1n) is 7.97. The molecule has 0 atom stereocenters. The van der Waals surface area contributed by atoms with Crippen molar-refractivity contribution in [1.82, 2.24) is 25.0 Å². The summed E-state index contributed by atoms with van der Waals surface area (Å²) in [6.07, 6.45) is 2.36. The van der Waals surface area contributed by atoms with Crippen LogP contribution in [0.5, 0.6) is 0 Å². The maximum atomic E-state index is 12.2. The summed E-state index contributed by atoms with van der Waals surface area (Å²) >= 11 is 4.48. The van der Waals surface area contributed by atoms with E-state index in [4.69, 9.17) is 0 Å².